The Labute approximate surface area is 191 Å². The van der Waals surface area contributed by atoms with Crippen LogP contribution < -0.4 is 10.0 Å². The standard InChI is InChI=1S/C22H25ClN4OS2/c1-2-25-30-22(28)26-19-8-11-20(12-9-19)29-21(15-27-14-13-24-16-27)10-5-17-3-6-18(23)7-4-17/h3-4,6-9,11-14,16,21,25H,2,5,10,15H2,1H3,(H,26,28). The molecule has 1 amide bonds. The Morgan fingerprint density at radius 3 is 2.60 bits per heavy atom. The van der Waals surface area contributed by atoms with Crippen LogP contribution in [0.4, 0.5) is 10.5 Å². The van der Waals surface area contributed by atoms with Gasteiger partial charge in [-0.15, -0.1) is 11.8 Å². The summed E-state index contributed by atoms with van der Waals surface area (Å²) in [6, 6.07) is 16.1. The molecule has 1 atom stereocenters. The zero-order valence-corrected chi connectivity index (χ0v) is 19.1. The van der Waals surface area contributed by atoms with E-state index >= 15 is 0 Å². The van der Waals surface area contributed by atoms with Crippen LogP contribution in [0.2, 0.25) is 5.02 Å². The van der Waals surface area contributed by atoms with E-state index in [1.54, 1.807) is 0 Å². The molecule has 3 rings (SSSR count). The van der Waals surface area contributed by atoms with Crippen molar-refractivity contribution in [2.45, 2.75) is 36.5 Å². The van der Waals surface area contributed by atoms with Crippen molar-refractivity contribution in [1.82, 2.24) is 14.3 Å². The van der Waals surface area contributed by atoms with Gasteiger partial charge in [0.2, 0.25) is 0 Å². The number of nitrogens with one attached hydrogen (secondary N) is 2. The maximum atomic E-state index is 11.8. The van der Waals surface area contributed by atoms with Crippen molar-refractivity contribution in [1.29, 1.82) is 0 Å². The number of carbonyl (C=O) groups excluding carboxylic acids is 1. The van der Waals surface area contributed by atoms with Crippen LogP contribution in [0.1, 0.15) is 18.9 Å². The Morgan fingerprint density at radius 1 is 1.17 bits per heavy atom. The van der Waals surface area contributed by atoms with E-state index in [2.05, 4.69) is 43.9 Å². The number of anilines is 1. The normalized spacial score (nSPS) is 11.9. The summed E-state index contributed by atoms with van der Waals surface area (Å²) in [7, 11) is 0. The molecule has 2 aromatic carbocycles. The molecule has 3 aromatic rings. The van der Waals surface area contributed by atoms with Crippen LogP contribution in [0.25, 0.3) is 0 Å². The highest BCUT2D eigenvalue weighted by Gasteiger charge is 2.13. The molecule has 158 valence electrons. The molecule has 30 heavy (non-hydrogen) atoms. The Bertz CT molecular complexity index is 902. The van der Waals surface area contributed by atoms with Gasteiger partial charge in [0, 0.05) is 58.3 Å². The number of hydrogen-bond acceptors (Lipinski definition) is 5. The zero-order chi connectivity index (χ0) is 21.2. The molecule has 0 saturated carbocycles. The quantitative estimate of drug-likeness (QED) is 0.282. The fraction of sp³-hybridized carbons (Fsp3) is 0.273. The minimum atomic E-state index is -0.113. The number of benzene rings is 2. The Kier molecular flexibility index (Phi) is 9.14. The second kappa shape index (κ2) is 12.1. The van der Waals surface area contributed by atoms with E-state index in [9.17, 15) is 4.79 Å². The maximum Gasteiger partial charge on any atom is 0.298 e. The molecule has 0 saturated heterocycles. The van der Waals surface area contributed by atoms with E-state index in [0.29, 0.717) is 5.25 Å². The summed E-state index contributed by atoms with van der Waals surface area (Å²) in [6.45, 7) is 3.58. The second-order valence-corrected chi connectivity index (χ2v) is 9.38. The molecule has 2 N–H and O–H groups in total. The van der Waals surface area contributed by atoms with Crippen LogP contribution in [0.15, 0.2) is 72.1 Å². The highest BCUT2D eigenvalue weighted by Crippen LogP contribution is 2.29. The first-order chi connectivity index (χ1) is 14.6. The van der Waals surface area contributed by atoms with Crippen LogP contribution >= 0.6 is 35.3 Å². The van der Waals surface area contributed by atoms with Gasteiger partial charge in [0.05, 0.1) is 6.33 Å². The van der Waals surface area contributed by atoms with Gasteiger partial charge in [-0.2, -0.15) is 0 Å². The first-order valence-corrected chi connectivity index (χ1v) is 11.9. The number of halogens is 1. The fourth-order valence-electron chi connectivity index (χ4n) is 2.89. The molecule has 0 aliphatic heterocycles. The summed E-state index contributed by atoms with van der Waals surface area (Å²) >= 11 is 8.92. The number of rotatable bonds is 10. The monoisotopic (exact) mass is 460 g/mol. The summed E-state index contributed by atoms with van der Waals surface area (Å²) in [5.41, 5.74) is 2.08. The van der Waals surface area contributed by atoms with Crippen molar-refractivity contribution in [2.24, 2.45) is 0 Å². The fourth-order valence-corrected chi connectivity index (χ4v) is 4.62. The van der Waals surface area contributed by atoms with Crippen LogP contribution in [-0.4, -0.2) is 26.6 Å². The van der Waals surface area contributed by atoms with Crippen molar-refractivity contribution < 1.29 is 4.79 Å². The van der Waals surface area contributed by atoms with E-state index in [1.165, 1.54) is 10.5 Å². The molecule has 1 unspecified atom stereocenters. The van der Waals surface area contributed by atoms with Crippen molar-refractivity contribution in [3.8, 4) is 0 Å². The van der Waals surface area contributed by atoms with Gasteiger partial charge >= 0.3 is 0 Å². The lowest BCUT2D eigenvalue weighted by Gasteiger charge is -2.18. The molecule has 0 radical (unpaired) electrons. The van der Waals surface area contributed by atoms with E-state index in [4.69, 9.17) is 11.6 Å². The predicted octanol–water partition coefficient (Wildman–Crippen LogP) is 6.12. The molecular weight excluding hydrogens is 436 g/mol. The SMILES string of the molecule is CCNSC(=O)Nc1ccc(SC(CCc2ccc(Cl)cc2)Cn2ccnc2)cc1. The van der Waals surface area contributed by atoms with Crippen LogP contribution in [0.3, 0.4) is 0 Å². The number of carbonyl (C=O) groups is 1. The summed E-state index contributed by atoms with van der Waals surface area (Å²) in [5.74, 6) is 0. The minimum Gasteiger partial charge on any atom is -0.336 e. The first kappa shape index (κ1) is 22.7. The van der Waals surface area contributed by atoms with Gasteiger partial charge in [-0.05, 0) is 54.8 Å². The highest BCUT2D eigenvalue weighted by molar-refractivity contribution is 8.12. The number of imidazole rings is 1. The molecule has 0 aliphatic carbocycles. The van der Waals surface area contributed by atoms with E-state index in [1.807, 2.05) is 61.7 Å². The summed E-state index contributed by atoms with van der Waals surface area (Å²) in [6.07, 6.45) is 7.68. The Morgan fingerprint density at radius 2 is 1.93 bits per heavy atom. The molecule has 0 bridgehead atoms. The summed E-state index contributed by atoms with van der Waals surface area (Å²) < 4.78 is 5.06. The van der Waals surface area contributed by atoms with Crippen LogP contribution in [0.5, 0.6) is 0 Å². The molecular formula is C22H25ClN4OS2. The minimum absolute atomic E-state index is 0.113. The van der Waals surface area contributed by atoms with Gasteiger partial charge in [0.15, 0.2) is 0 Å². The Hall–Kier alpha value is -1.93. The Balaban J connectivity index is 1.60. The largest absolute Gasteiger partial charge is 0.336 e. The molecule has 5 nitrogen and oxygen atoms in total. The van der Waals surface area contributed by atoms with Gasteiger partial charge < -0.3 is 9.88 Å². The average Bonchev–Trinajstić information content (AvgIpc) is 3.26. The molecule has 0 fully saturated rings. The van der Waals surface area contributed by atoms with Gasteiger partial charge in [-0.3, -0.25) is 9.52 Å². The van der Waals surface area contributed by atoms with Crippen molar-refractivity contribution in [3.63, 3.8) is 0 Å². The van der Waals surface area contributed by atoms with Crippen molar-refractivity contribution in [2.75, 3.05) is 11.9 Å². The molecule has 0 aliphatic rings. The number of aromatic nitrogens is 2. The lowest BCUT2D eigenvalue weighted by Crippen LogP contribution is -2.13. The van der Waals surface area contributed by atoms with Gasteiger partial charge in [-0.25, -0.2) is 4.98 Å². The van der Waals surface area contributed by atoms with Crippen LogP contribution in [-0.2, 0) is 13.0 Å². The molecule has 8 heteroatoms. The van der Waals surface area contributed by atoms with E-state index in [-0.39, 0.29) is 5.24 Å². The van der Waals surface area contributed by atoms with Gasteiger partial charge in [0.1, 0.15) is 0 Å². The lowest BCUT2D eigenvalue weighted by molar-refractivity contribution is 0.269. The smallest absolute Gasteiger partial charge is 0.298 e. The second-order valence-electron chi connectivity index (χ2n) is 6.70. The molecule has 1 heterocycles. The predicted molar refractivity (Wildman–Crippen MR) is 128 cm³/mol. The third-order valence-corrected chi connectivity index (χ3v) is 6.59. The van der Waals surface area contributed by atoms with Crippen LogP contribution in [0, 0.1) is 0 Å². The molecule has 0 spiro atoms. The van der Waals surface area contributed by atoms with E-state index in [0.717, 1.165) is 48.6 Å². The third kappa shape index (κ3) is 7.72. The van der Waals surface area contributed by atoms with Gasteiger partial charge in [0.25, 0.3) is 5.24 Å². The first-order valence-electron chi connectivity index (χ1n) is 9.80. The van der Waals surface area contributed by atoms with Crippen molar-refractivity contribution in [3.05, 3.63) is 77.8 Å². The van der Waals surface area contributed by atoms with Gasteiger partial charge in [-0.1, -0.05) is 30.7 Å². The summed E-state index contributed by atoms with van der Waals surface area (Å²) in [4.78, 5) is 17.2. The topological polar surface area (TPSA) is 59.0 Å². The summed E-state index contributed by atoms with van der Waals surface area (Å²) in [5, 5.41) is 3.91. The number of aryl methyl sites for hydroxylation is 1. The zero-order valence-electron chi connectivity index (χ0n) is 16.8. The number of hydrogen-bond donors (Lipinski definition) is 2. The highest BCUT2D eigenvalue weighted by atomic mass is 35.5. The molecule has 1 aromatic heterocycles. The number of amides is 1. The van der Waals surface area contributed by atoms with E-state index < -0.39 is 0 Å². The third-order valence-electron chi connectivity index (χ3n) is 4.35. The number of nitrogens with zero attached hydrogens (tertiary/aromatic N) is 2. The average molecular weight is 461 g/mol. The number of thioether (sulfide) groups is 1. The lowest BCUT2D eigenvalue weighted by atomic mass is 10.1. The maximum absolute atomic E-state index is 11.8. The van der Waals surface area contributed by atoms with Crippen molar-refractivity contribution >= 4 is 46.2 Å².